The van der Waals surface area contributed by atoms with E-state index in [0.29, 0.717) is 0 Å². The summed E-state index contributed by atoms with van der Waals surface area (Å²) in [7, 11) is 0. The van der Waals surface area contributed by atoms with Crippen LogP contribution in [0.4, 0.5) is 13.2 Å². The van der Waals surface area contributed by atoms with Crippen LogP contribution in [0.3, 0.4) is 0 Å². The summed E-state index contributed by atoms with van der Waals surface area (Å²) in [6.07, 6.45) is -2.11. The number of nitrogens with one attached hydrogen (secondary N) is 1. The fourth-order valence-electron chi connectivity index (χ4n) is 3.79. The highest BCUT2D eigenvalue weighted by Gasteiger charge is 2.61. The Kier molecular flexibility index (Phi) is 3.80. The monoisotopic (exact) mass is 342 g/mol. The minimum atomic E-state index is -4.21. The molecule has 0 atom stereocenters. The van der Waals surface area contributed by atoms with Crippen molar-refractivity contribution in [2.24, 2.45) is 5.41 Å². The molecule has 2 N–H and O–H groups in total. The van der Waals surface area contributed by atoms with Gasteiger partial charge >= 0.3 is 12.1 Å². The number of alkyl halides is 3. The summed E-state index contributed by atoms with van der Waals surface area (Å²) >= 11 is 0. The first-order valence-electron chi connectivity index (χ1n) is 7.75. The number of hydrogen-bond acceptors (Lipinski definition) is 3. The van der Waals surface area contributed by atoms with Gasteiger partial charge in [0.25, 0.3) is 5.91 Å². The number of fused-ring (bicyclic) bond motifs is 3. The Morgan fingerprint density at radius 1 is 1.12 bits per heavy atom. The highest BCUT2D eigenvalue weighted by atomic mass is 19.4. The third-order valence-electron chi connectivity index (χ3n) is 5.47. The van der Waals surface area contributed by atoms with Gasteiger partial charge in [-0.15, -0.1) is 0 Å². The van der Waals surface area contributed by atoms with E-state index in [1.807, 2.05) is 0 Å². The molecule has 1 heterocycles. The lowest BCUT2D eigenvalue weighted by molar-refractivity contribution is -0.253. The maximum atomic E-state index is 13.2. The number of amides is 1. The van der Waals surface area contributed by atoms with E-state index in [2.05, 4.69) is 10.3 Å². The van der Waals surface area contributed by atoms with Crippen molar-refractivity contribution >= 4 is 11.9 Å². The van der Waals surface area contributed by atoms with Crippen molar-refractivity contribution in [2.45, 2.75) is 50.2 Å². The normalized spacial score (nSPS) is 29.3. The van der Waals surface area contributed by atoms with Gasteiger partial charge in [-0.1, -0.05) is 0 Å². The van der Waals surface area contributed by atoms with E-state index in [9.17, 15) is 22.8 Å². The largest absolute Gasteiger partial charge is 0.478 e. The minimum absolute atomic E-state index is 0.0133. The van der Waals surface area contributed by atoms with Crippen molar-refractivity contribution < 1.29 is 27.9 Å². The predicted octanol–water partition coefficient (Wildman–Crippen LogP) is 3.16. The molecule has 130 valence electrons. The van der Waals surface area contributed by atoms with Crippen LogP contribution in [0.5, 0.6) is 0 Å². The molecule has 8 heteroatoms. The third-order valence-corrected chi connectivity index (χ3v) is 5.47. The zero-order valence-electron chi connectivity index (χ0n) is 12.8. The average molecular weight is 342 g/mol. The summed E-state index contributed by atoms with van der Waals surface area (Å²) in [6.45, 7) is 0. The van der Waals surface area contributed by atoms with Crippen LogP contribution in [0, 0.1) is 5.41 Å². The van der Waals surface area contributed by atoms with Crippen molar-refractivity contribution in [1.82, 2.24) is 10.3 Å². The Balaban J connectivity index is 1.73. The predicted molar refractivity (Wildman–Crippen MR) is 77.6 cm³/mol. The smallest absolute Gasteiger partial charge is 0.394 e. The van der Waals surface area contributed by atoms with Crippen molar-refractivity contribution in [3.05, 3.63) is 29.6 Å². The second kappa shape index (κ2) is 5.46. The lowest BCUT2D eigenvalue weighted by atomic mass is 9.57. The number of pyridine rings is 1. The van der Waals surface area contributed by atoms with Gasteiger partial charge in [0.05, 0.1) is 11.0 Å². The number of hydrogen-bond donors (Lipinski definition) is 2. The fraction of sp³-hybridized carbons (Fsp3) is 0.562. The average Bonchev–Trinajstić information content (AvgIpc) is 2.55. The van der Waals surface area contributed by atoms with Crippen LogP contribution in [0.25, 0.3) is 0 Å². The Hall–Kier alpha value is -2.12. The van der Waals surface area contributed by atoms with Crippen molar-refractivity contribution in [3.8, 4) is 0 Å². The number of carbonyl (C=O) groups is 2. The van der Waals surface area contributed by atoms with Crippen LogP contribution >= 0.6 is 0 Å². The van der Waals surface area contributed by atoms with Crippen LogP contribution in [-0.2, 0) is 0 Å². The summed E-state index contributed by atoms with van der Waals surface area (Å²) in [5, 5.41) is 11.8. The molecule has 1 aromatic rings. The molecule has 2 bridgehead atoms. The number of aromatic carboxylic acids is 1. The number of carbonyl (C=O) groups excluding carboxylic acids is 1. The van der Waals surface area contributed by atoms with Gasteiger partial charge in [0.1, 0.15) is 5.69 Å². The second-order valence-corrected chi connectivity index (χ2v) is 6.75. The maximum Gasteiger partial charge on any atom is 0.394 e. The molecule has 0 spiro atoms. The summed E-state index contributed by atoms with van der Waals surface area (Å²) < 4.78 is 39.7. The zero-order chi connectivity index (χ0) is 17.6. The number of halogens is 3. The van der Waals surface area contributed by atoms with E-state index < -0.39 is 29.0 Å². The van der Waals surface area contributed by atoms with E-state index in [1.165, 1.54) is 18.3 Å². The van der Waals surface area contributed by atoms with Crippen molar-refractivity contribution in [2.75, 3.05) is 0 Å². The topological polar surface area (TPSA) is 79.3 Å². The summed E-state index contributed by atoms with van der Waals surface area (Å²) in [5.74, 6) is -1.71. The Labute approximate surface area is 136 Å². The van der Waals surface area contributed by atoms with Gasteiger partial charge in [0.15, 0.2) is 0 Å². The van der Waals surface area contributed by atoms with Gasteiger partial charge in [0, 0.05) is 11.7 Å². The number of carboxylic acids is 1. The van der Waals surface area contributed by atoms with E-state index in [1.54, 1.807) is 0 Å². The highest BCUT2D eigenvalue weighted by Crippen LogP contribution is 2.59. The van der Waals surface area contributed by atoms with Gasteiger partial charge in [-0.3, -0.25) is 9.78 Å². The van der Waals surface area contributed by atoms with E-state index in [0.717, 1.165) is 0 Å². The first kappa shape index (κ1) is 16.7. The molecule has 1 amide bonds. The lowest BCUT2D eigenvalue weighted by Gasteiger charge is -2.53. The van der Waals surface area contributed by atoms with Crippen LogP contribution in [0.1, 0.15) is 59.4 Å². The standard InChI is InChI=1S/C16H17F3N2O3/c17-16(18,19)14-2-5-15(6-3-14,7-4-14)21-12(22)11-9-10(13(23)24)1-8-20-11/h1,8-9H,2-7H2,(H,21,22)(H,23,24). The number of aromatic nitrogens is 1. The van der Waals surface area contributed by atoms with E-state index >= 15 is 0 Å². The third kappa shape index (κ3) is 2.74. The molecule has 4 rings (SSSR count). The van der Waals surface area contributed by atoms with Gasteiger partial charge < -0.3 is 10.4 Å². The fourth-order valence-corrected chi connectivity index (χ4v) is 3.79. The maximum absolute atomic E-state index is 13.2. The molecular formula is C16H17F3N2O3. The van der Waals surface area contributed by atoms with E-state index in [4.69, 9.17) is 5.11 Å². The van der Waals surface area contributed by atoms with Crippen molar-refractivity contribution in [3.63, 3.8) is 0 Å². The van der Waals surface area contributed by atoms with Gasteiger partial charge in [-0.2, -0.15) is 13.2 Å². The molecule has 0 unspecified atom stereocenters. The molecule has 0 aliphatic heterocycles. The Morgan fingerprint density at radius 2 is 1.71 bits per heavy atom. The minimum Gasteiger partial charge on any atom is -0.478 e. The lowest BCUT2D eigenvalue weighted by Crippen LogP contribution is -2.59. The molecule has 3 aliphatic rings. The molecule has 0 aromatic carbocycles. The number of nitrogens with zero attached hydrogens (tertiary/aromatic N) is 1. The first-order chi connectivity index (χ1) is 11.2. The van der Waals surface area contributed by atoms with Crippen LogP contribution in [-0.4, -0.2) is 33.7 Å². The van der Waals surface area contributed by atoms with Gasteiger partial charge in [-0.05, 0) is 50.7 Å². The summed E-state index contributed by atoms with van der Waals surface area (Å²) in [5.41, 5.74) is -2.36. The summed E-state index contributed by atoms with van der Waals surface area (Å²) in [4.78, 5) is 27.2. The molecule has 3 fully saturated rings. The van der Waals surface area contributed by atoms with Gasteiger partial charge in [-0.25, -0.2) is 4.79 Å². The summed E-state index contributed by atoms with van der Waals surface area (Å²) in [6, 6.07) is 2.44. The quantitative estimate of drug-likeness (QED) is 0.884. The highest BCUT2D eigenvalue weighted by molar-refractivity contribution is 5.96. The molecule has 0 radical (unpaired) electrons. The first-order valence-corrected chi connectivity index (χ1v) is 7.75. The van der Waals surface area contributed by atoms with Gasteiger partial charge in [0.2, 0.25) is 0 Å². The van der Waals surface area contributed by atoms with Crippen LogP contribution < -0.4 is 5.32 Å². The SMILES string of the molecule is O=C(O)c1ccnc(C(=O)NC23CCC(C(F)(F)F)(CC2)CC3)c1. The Bertz CT molecular complexity index is 663. The number of rotatable bonds is 3. The molecule has 24 heavy (non-hydrogen) atoms. The van der Waals surface area contributed by atoms with Crippen molar-refractivity contribution in [1.29, 1.82) is 0 Å². The molecular weight excluding hydrogens is 325 g/mol. The molecule has 3 saturated carbocycles. The molecule has 0 saturated heterocycles. The van der Waals surface area contributed by atoms with Crippen LogP contribution in [0.15, 0.2) is 18.3 Å². The molecule has 3 aliphatic carbocycles. The van der Waals surface area contributed by atoms with E-state index in [-0.39, 0.29) is 49.8 Å². The zero-order valence-corrected chi connectivity index (χ0v) is 12.8. The molecule has 1 aromatic heterocycles. The number of carboxylic acid groups (broad SMARTS) is 1. The second-order valence-electron chi connectivity index (χ2n) is 6.75. The van der Waals surface area contributed by atoms with Crippen LogP contribution in [0.2, 0.25) is 0 Å². The molecule has 5 nitrogen and oxygen atoms in total. The Morgan fingerprint density at radius 3 is 2.21 bits per heavy atom.